The Morgan fingerprint density at radius 2 is 2.04 bits per heavy atom. The predicted molar refractivity (Wildman–Crippen MR) is 103 cm³/mol. The molecule has 1 aromatic heterocycles. The van der Waals surface area contributed by atoms with Crippen LogP contribution in [0, 0.1) is 24.7 Å². The maximum absolute atomic E-state index is 12.9. The van der Waals surface area contributed by atoms with Crippen LogP contribution in [0.15, 0.2) is 10.6 Å². The summed E-state index contributed by atoms with van der Waals surface area (Å²) >= 11 is 0. The standard InChI is InChI=1S/C20H30N4O4/c1-12(2)8-16-10-15(11-18(25)21-16)20(27)24-6-4-14(5-7-24)19(26)22-17-9-13(3)28-23-17/h9,12,14-16H,4-8,10-11H2,1-3H3,(H,21,25)(H,22,23,26)/t15-,16+/m0/s1. The fraction of sp³-hybridized carbons (Fsp3) is 0.700. The van der Waals surface area contributed by atoms with E-state index in [1.807, 2.05) is 4.90 Å². The lowest BCUT2D eigenvalue weighted by Gasteiger charge is -2.36. The lowest BCUT2D eigenvalue weighted by atomic mass is 9.86. The van der Waals surface area contributed by atoms with Gasteiger partial charge in [0.05, 0.1) is 0 Å². The van der Waals surface area contributed by atoms with Gasteiger partial charge in [-0.2, -0.15) is 0 Å². The number of aromatic nitrogens is 1. The number of rotatable bonds is 5. The Kier molecular flexibility index (Phi) is 6.36. The molecule has 0 aliphatic carbocycles. The van der Waals surface area contributed by atoms with Crippen molar-refractivity contribution in [3.8, 4) is 0 Å². The molecule has 3 rings (SSSR count). The van der Waals surface area contributed by atoms with Crippen molar-refractivity contribution in [2.24, 2.45) is 17.8 Å². The second-order valence-corrected chi connectivity index (χ2v) is 8.44. The molecule has 1 aromatic rings. The average molecular weight is 390 g/mol. The van der Waals surface area contributed by atoms with Gasteiger partial charge in [0.25, 0.3) is 0 Å². The molecule has 0 unspecified atom stereocenters. The summed E-state index contributed by atoms with van der Waals surface area (Å²) in [6.07, 6.45) is 3.08. The Balaban J connectivity index is 1.50. The van der Waals surface area contributed by atoms with Crippen molar-refractivity contribution in [1.82, 2.24) is 15.4 Å². The van der Waals surface area contributed by atoms with E-state index >= 15 is 0 Å². The third kappa shape index (κ3) is 5.11. The molecule has 0 radical (unpaired) electrons. The second-order valence-electron chi connectivity index (χ2n) is 8.44. The van der Waals surface area contributed by atoms with Crippen LogP contribution in [-0.2, 0) is 14.4 Å². The zero-order valence-corrected chi connectivity index (χ0v) is 16.9. The molecule has 8 heteroatoms. The van der Waals surface area contributed by atoms with Gasteiger partial charge in [0.2, 0.25) is 17.7 Å². The number of piperidine rings is 2. The van der Waals surface area contributed by atoms with Crippen LogP contribution in [0.25, 0.3) is 0 Å². The Labute approximate surface area is 165 Å². The predicted octanol–water partition coefficient (Wildman–Crippen LogP) is 2.10. The number of hydrogen-bond acceptors (Lipinski definition) is 5. The molecule has 2 saturated heterocycles. The fourth-order valence-electron chi connectivity index (χ4n) is 4.18. The summed E-state index contributed by atoms with van der Waals surface area (Å²) in [5, 5.41) is 9.56. The van der Waals surface area contributed by atoms with Crippen molar-refractivity contribution in [1.29, 1.82) is 0 Å². The highest BCUT2D eigenvalue weighted by molar-refractivity contribution is 5.92. The number of nitrogens with one attached hydrogen (secondary N) is 2. The number of anilines is 1. The molecule has 0 bridgehead atoms. The Morgan fingerprint density at radius 1 is 1.32 bits per heavy atom. The van der Waals surface area contributed by atoms with Gasteiger partial charge in [-0.1, -0.05) is 19.0 Å². The maximum atomic E-state index is 12.9. The molecular weight excluding hydrogens is 360 g/mol. The number of hydrogen-bond donors (Lipinski definition) is 2. The van der Waals surface area contributed by atoms with Crippen molar-refractivity contribution < 1.29 is 18.9 Å². The first kappa shape index (κ1) is 20.4. The van der Waals surface area contributed by atoms with Gasteiger partial charge in [-0.25, -0.2) is 0 Å². The molecule has 3 amide bonds. The van der Waals surface area contributed by atoms with Gasteiger partial charge in [-0.05, 0) is 38.5 Å². The Hall–Kier alpha value is -2.38. The number of likely N-dealkylation sites (tertiary alicyclic amines) is 1. The third-order valence-electron chi connectivity index (χ3n) is 5.53. The Morgan fingerprint density at radius 3 is 2.64 bits per heavy atom. The van der Waals surface area contributed by atoms with Crippen molar-refractivity contribution in [2.45, 2.75) is 58.9 Å². The molecule has 28 heavy (non-hydrogen) atoms. The van der Waals surface area contributed by atoms with E-state index in [2.05, 4.69) is 29.6 Å². The number of nitrogens with zero attached hydrogens (tertiary/aromatic N) is 2. The smallest absolute Gasteiger partial charge is 0.228 e. The van der Waals surface area contributed by atoms with Crippen LogP contribution < -0.4 is 10.6 Å². The molecule has 2 fully saturated rings. The fourth-order valence-corrected chi connectivity index (χ4v) is 4.18. The number of amides is 3. The Bertz CT molecular complexity index is 722. The van der Waals surface area contributed by atoms with Crippen LogP contribution in [0.3, 0.4) is 0 Å². The summed E-state index contributed by atoms with van der Waals surface area (Å²) < 4.78 is 4.96. The van der Waals surface area contributed by atoms with Gasteiger partial charge in [0, 0.05) is 43.5 Å². The highest BCUT2D eigenvalue weighted by Gasteiger charge is 2.36. The lowest BCUT2D eigenvalue weighted by Crippen LogP contribution is -2.50. The summed E-state index contributed by atoms with van der Waals surface area (Å²) in [5.74, 6) is 1.07. The van der Waals surface area contributed by atoms with Crippen molar-refractivity contribution >= 4 is 23.5 Å². The van der Waals surface area contributed by atoms with E-state index in [1.54, 1.807) is 13.0 Å². The number of carbonyl (C=O) groups is 3. The summed E-state index contributed by atoms with van der Waals surface area (Å²) in [6, 6.07) is 1.75. The molecule has 8 nitrogen and oxygen atoms in total. The number of carbonyl (C=O) groups excluding carboxylic acids is 3. The van der Waals surface area contributed by atoms with Gasteiger partial charge in [-0.15, -0.1) is 0 Å². The van der Waals surface area contributed by atoms with E-state index in [1.165, 1.54) is 0 Å². The topological polar surface area (TPSA) is 105 Å². The molecule has 2 N–H and O–H groups in total. The summed E-state index contributed by atoms with van der Waals surface area (Å²) in [4.78, 5) is 39.2. The van der Waals surface area contributed by atoms with Crippen LogP contribution in [0.4, 0.5) is 5.82 Å². The van der Waals surface area contributed by atoms with Crippen LogP contribution in [0.2, 0.25) is 0 Å². The van der Waals surface area contributed by atoms with Gasteiger partial charge >= 0.3 is 0 Å². The first-order chi connectivity index (χ1) is 13.3. The maximum Gasteiger partial charge on any atom is 0.228 e. The average Bonchev–Trinajstić information content (AvgIpc) is 3.05. The SMILES string of the molecule is Cc1cc(NC(=O)C2CCN(C(=O)[C@@H]3CC(=O)N[C@H](CC(C)C)C3)CC2)no1. The monoisotopic (exact) mass is 390 g/mol. The van der Waals surface area contributed by atoms with E-state index in [4.69, 9.17) is 4.52 Å². The first-order valence-corrected chi connectivity index (χ1v) is 10.1. The van der Waals surface area contributed by atoms with E-state index in [9.17, 15) is 14.4 Å². The van der Waals surface area contributed by atoms with E-state index in [0.29, 0.717) is 49.8 Å². The second kappa shape index (κ2) is 8.75. The van der Waals surface area contributed by atoms with Gasteiger partial charge in [-0.3, -0.25) is 14.4 Å². The lowest BCUT2D eigenvalue weighted by molar-refractivity contribution is -0.143. The van der Waals surface area contributed by atoms with Crippen molar-refractivity contribution in [3.63, 3.8) is 0 Å². The van der Waals surface area contributed by atoms with E-state index < -0.39 is 0 Å². The quantitative estimate of drug-likeness (QED) is 0.801. The molecule has 0 saturated carbocycles. The van der Waals surface area contributed by atoms with Gasteiger partial charge in [0.1, 0.15) is 5.76 Å². The largest absolute Gasteiger partial charge is 0.360 e. The molecule has 2 atom stereocenters. The number of aryl methyl sites for hydroxylation is 1. The molecule has 0 aromatic carbocycles. The van der Waals surface area contributed by atoms with Crippen LogP contribution in [0.5, 0.6) is 0 Å². The first-order valence-electron chi connectivity index (χ1n) is 10.1. The minimum Gasteiger partial charge on any atom is -0.360 e. The molecule has 2 aliphatic rings. The highest BCUT2D eigenvalue weighted by atomic mass is 16.5. The highest BCUT2D eigenvalue weighted by Crippen LogP contribution is 2.26. The minimum absolute atomic E-state index is 0.0348. The normalized spacial score (nSPS) is 23.6. The zero-order valence-electron chi connectivity index (χ0n) is 16.9. The van der Waals surface area contributed by atoms with Crippen LogP contribution in [0.1, 0.15) is 51.7 Å². The summed E-state index contributed by atoms with van der Waals surface area (Å²) in [7, 11) is 0. The van der Waals surface area contributed by atoms with E-state index in [-0.39, 0.29) is 42.0 Å². The van der Waals surface area contributed by atoms with Crippen LogP contribution in [-0.4, -0.2) is 46.9 Å². The van der Waals surface area contributed by atoms with Crippen LogP contribution >= 0.6 is 0 Å². The third-order valence-corrected chi connectivity index (χ3v) is 5.53. The van der Waals surface area contributed by atoms with Gasteiger partial charge in [0.15, 0.2) is 5.82 Å². The van der Waals surface area contributed by atoms with Crippen molar-refractivity contribution in [2.75, 3.05) is 18.4 Å². The van der Waals surface area contributed by atoms with Crippen molar-refractivity contribution in [3.05, 3.63) is 11.8 Å². The molecule has 154 valence electrons. The molecule has 2 aliphatic heterocycles. The molecule has 0 spiro atoms. The summed E-state index contributed by atoms with van der Waals surface area (Å²) in [6.45, 7) is 7.09. The molecular formula is C20H30N4O4. The van der Waals surface area contributed by atoms with Gasteiger partial charge < -0.3 is 20.1 Å². The summed E-state index contributed by atoms with van der Waals surface area (Å²) in [5.41, 5.74) is 0. The zero-order chi connectivity index (χ0) is 20.3. The molecule has 3 heterocycles. The minimum atomic E-state index is -0.249. The van der Waals surface area contributed by atoms with E-state index in [0.717, 1.165) is 6.42 Å².